The summed E-state index contributed by atoms with van der Waals surface area (Å²) >= 11 is 6.10. The Kier molecular flexibility index (Phi) is 8.96. The van der Waals surface area contributed by atoms with Crippen LogP contribution >= 0.6 is 11.6 Å². The molecule has 2 aliphatic heterocycles. The van der Waals surface area contributed by atoms with Gasteiger partial charge >= 0.3 is 18.1 Å². The minimum Gasteiger partial charge on any atom is -0.491 e. The number of rotatable bonds is 5. The summed E-state index contributed by atoms with van der Waals surface area (Å²) < 4.78 is 43.0. The Morgan fingerprint density at radius 1 is 1.19 bits per heavy atom. The maximum absolute atomic E-state index is 10.9. The Labute approximate surface area is 182 Å². The molecule has 1 spiro atoms. The lowest BCUT2D eigenvalue weighted by Gasteiger charge is -2.45. The van der Waals surface area contributed by atoms with E-state index in [0.29, 0.717) is 22.8 Å². The molecule has 11 heteroatoms. The minimum atomic E-state index is -5.08. The molecule has 0 unspecified atom stereocenters. The maximum atomic E-state index is 10.9. The third kappa shape index (κ3) is 7.86. The normalized spacial score (nSPS) is 18.7. The monoisotopic (exact) mass is 467 g/mol. The maximum Gasteiger partial charge on any atom is 0.490 e. The molecule has 2 N–H and O–H groups in total. The van der Waals surface area contributed by atoms with E-state index in [1.54, 1.807) is 6.07 Å². The van der Waals surface area contributed by atoms with E-state index in [1.807, 2.05) is 0 Å². The number of benzene rings is 1. The molecule has 0 atom stereocenters. The summed E-state index contributed by atoms with van der Waals surface area (Å²) in [5.74, 6) is -3.20. The molecule has 174 valence electrons. The van der Waals surface area contributed by atoms with Crippen molar-refractivity contribution in [3.63, 3.8) is 0 Å². The molecule has 0 bridgehead atoms. The number of hydrogen-bond donors (Lipinski definition) is 2. The van der Waals surface area contributed by atoms with E-state index in [9.17, 15) is 18.0 Å². The van der Waals surface area contributed by atoms with Gasteiger partial charge in [0.25, 0.3) is 0 Å². The highest BCUT2D eigenvalue weighted by molar-refractivity contribution is 6.32. The number of ether oxygens (including phenoxy) is 2. The van der Waals surface area contributed by atoms with Crippen molar-refractivity contribution in [3.8, 4) is 5.75 Å². The average molecular weight is 468 g/mol. The van der Waals surface area contributed by atoms with Gasteiger partial charge in [-0.2, -0.15) is 13.2 Å². The predicted octanol–water partition coefficient (Wildman–Crippen LogP) is 3.94. The highest BCUT2D eigenvalue weighted by Gasteiger charge is 2.38. The molecule has 0 saturated carbocycles. The second-order valence-corrected chi connectivity index (χ2v) is 8.00. The van der Waals surface area contributed by atoms with Gasteiger partial charge in [0.2, 0.25) is 0 Å². The molecule has 2 aliphatic rings. The van der Waals surface area contributed by atoms with E-state index in [-0.39, 0.29) is 5.56 Å². The third-order valence-corrected chi connectivity index (χ3v) is 5.68. The highest BCUT2D eigenvalue weighted by Crippen LogP contribution is 2.39. The minimum absolute atomic E-state index is 0.171. The number of likely N-dealkylation sites (tertiary alicyclic amines) is 1. The number of nitrogens with zero attached hydrogens (tertiary/aromatic N) is 1. The van der Waals surface area contributed by atoms with Gasteiger partial charge in [0.15, 0.2) is 0 Å². The van der Waals surface area contributed by atoms with Crippen LogP contribution in [-0.4, -0.2) is 72.7 Å². The van der Waals surface area contributed by atoms with Crippen LogP contribution in [0.1, 0.15) is 36.0 Å². The van der Waals surface area contributed by atoms with Crippen LogP contribution in [0.5, 0.6) is 5.75 Å². The van der Waals surface area contributed by atoms with E-state index in [0.717, 1.165) is 45.7 Å². The molecule has 31 heavy (non-hydrogen) atoms. The van der Waals surface area contributed by atoms with Crippen molar-refractivity contribution in [1.29, 1.82) is 0 Å². The summed E-state index contributed by atoms with van der Waals surface area (Å²) in [6.07, 6.45) is -0.232. The number of hydrogen-bond acceptors (Lipinski definition) is 5. The zero-order chi connectivity index (χ0) is 23.1. The Morgan fingerprint density at radius 3 is 2.39 bits per heavy atom. The van der Waals surface area contributed by atoms with Crippen LogP contribution in [0.2, 0.25) is 5.02 Å². The number of piperidine rings is 1. The van der Waals surface area contributed by atoms with E-state index in [2.05, 4.69) is 4.90 Å². The zero-order valence-corrected chi connectivity index (χ0v) is 17.5. The molecule has 1 aromatic rings. The fourth-order valence-electron chi connectivity index (χ4n) is 3.75. The first kappa shape index (κ1) is 25.2. The molecule has 0 aliphatic carbocycles. The molecule has 3 rings (SSSR count). The summed E-state index contributed by atoms with van der Waals surface area (Å²) in [6, 6.07) is 4.57. The SMILES string of the molecule is O=C(O)C(F)(F)F.O=C(O)c1ccc(OCCN2CCCC3(CCOCC3)C2)c(Cl)c1. The molecular formula is C20H25ClF3NO6. The van der Waals surface area contributed by atoms with Gasteiger partial charge in [0, 0.05) is 26.3 Å². The van der Waals surface area contributed by atoms with Crippen LogP contribution in [0.25, 0.3) is 0 Å². The molecule has 0 aromatic heterocycles. The second-order valence-electron chi connectivity index (χ2n) is 7.59. The quantitative estimate of drug-likeness (QED) is 0.677. The van der Waals surface area contributed by atoms with E-state index in [4.69, 9.17) is 36.1 Å². The molecule has 2 saturated heterocycles. The predicted molar refractivity (Wildman–Crippen MR) is 106 cm³/mol. The van der Waals surface area contributed by atoms with Crippen LogP contribution < -0.4 is 4.74 Å². The smallest absolute Gasteiger partial charge is 0.490 e. The van der Waals surface area contributed by atoms with Crippen LogP contribution in [0.3, 0.4) is 0 Å². The Bertz CT molecular complexity index is 762. The lowest BCUT2D eigenvalue weighted by Crippen LogP contribution is -2.47. The van der Waals surface area contributed by atoms with E-state index in [1.165, 1.54) is 25.0 Å². The lowest BCUT2D eigenvalue weighted by atomic mass is 9.74. The Morgan fingerprint density at radius 2 is 1.84 bits per heavy atom. The summed E-state index contributed by atoms with van der Waals surface area (Å²) in [5.41, 5.74) is 0.599. The van der Waals surface area contributed by atoms with Gasteiger partial charge in [0.05, 0.1) is 10.6 Å². The molecule has 2 fully saturated rings. The van der Waals surface area contributed by atoms with Gasteiger partial charge in [-0.25, -0.2) is 9.59 Å². The Hall–Kier alpha value is -2.04. The van der Waals surface area contributed by atoms with Crippen molar-refractivity contribution in [1.82, 2.24) is 4.90 Å². The summed E-state index contributed by atoms with van der Waals surface area (Å²) in [4.78, 5) is 22.3. The van der Waals surface area contributed by atoms with Crippen molar-refractivity contribution in [2.24, 2.45) is 5.41 Å². The van der Waals surface area contributed by atoms with Crippen LogP contribution in [0.4, 0.5) is 13.2 Å². The largest absolute Gasteiger partial charge is 0.491 e. The van der Waals surface area contributed by atoms with Gasteiger partial charge in [-0.1, -0.05) is 11.6 Å². The first-order valence-corrected chi connectivity index (χ1v) is 10.2. The number of alkyl halides is 3. The number of carboxylic acid groups (broad SMARTS) is 2. The van der Waals surface area contributed by atoms with E-state index >= 15 is 0 Å². The third-order valence-electron chi connectivity index (χ3n) is 5.38. The van der Waals surface area contributed by atoms with Crippen LogP contribution in [0, 0.1) is 5.41 Å². The zero-order valence-electron chi connectivity index (χ0n) is 16.8. The molecule has 0 radical (unpaired) electrons. The van der Waals surface area contributed by atoms with Crippen LogP contribution in [0.15, 0.2) is 18.2 Å². The van der Waals surface area contributed by atoms with E-state index < -0.39 is 18.1 Å². The fourth-order valence-corrected chi connectivity index (χ4v) is 3.98. The van der Waals surface area contributed by atoms with Crippen molar-refractivity contribution < 1.29 is 42.4 Å². The summed E-state index contributed by atoms with van der Waals surface area (Å²) in [6.45, 7) is 5.41. The Balaban J connectivity index is 0.000000423. The number of halogens is 4. The van der Waals surface area contributed by atoms with Crippen molar-refractivity contribution in [2.45, 2.75) is 31.9 Å². The molecule has 7 nitrogen and oxygen atoms in total. The van der Waals surface area contributed by atoms with Gasteiger partial charge in [0.1, 0.15) is 12.4 Å². The lowest BCUT2D eigenvalue weighted by molar-refractivity contribution is -0.192. The number of aliphatic carboxylic acids is 1. The fraction of sp³-hybridized carbons (Fsp3) is 0.600. The highest BCUT2D eigenvalue weighted by atomic mass is 35.5. The molecule has 2 heterocycles. The van der Waals surface area contributed by atoms with Gasteiger partial charge in [-0.15, -0.1) is 0 Å². The number of carbonyl (C=O) groups is 2. The number of aromatic carboxylic acids is 1. The molecular weight excluding hydrogens is 443 g/mol. The summed E-state index contributed by atoms with van der Waals surface area (Å²) in [5, 5.41) is 16.4. The second kappa shape index (κ2) is 11.0. The van der Waals surface area contributed by atoms with Crippen molar-refractivity contribution >= 4 is 23.5 Å². The number of carboxylic acids is 2. The standard InChI is InChI=1S/C18H24ClNO4.C2HF3O2/c19-15-12-14(17(21)22)2-3-16(15)24-11-8-20-7-1-4-18(13-20)5-9-23-10-6-18;3-2(4,5)1(6)7/h2-3,12H,1,4-11,13H2,(H,21,22);(H,6,7). The van der Waals surface area contributed by atoms with Gasteiger partial charge in [-0.05, 0) is 55.8 Å². The molecule has 0 amide bonds. The first-order chi connectivity index (χ1) is 14.5. The average Bonchev–Trinajstić information content (AvgIpc) is 2.69. The van der Waals surface area contributed by atoms with Crippen molar-refractivity contribution in [3.05, 3.63) is 28.8 Å². The first-order valence-electron chi connectivity index (χ1n) is 9.78. The van der Waals surface area contributed by atoms with Gasteiger partial charge in [-0.3, -0.25) is 4.90 Å². The topological polar surface area (TPSA) is 96.3 Å². The van der Waals surface area contributed by atoms with Crippen LogP contribution in [-0.2, 0) is 9.53 Å². The van der Waals surface area contributed by atoms with Gasteiger partial charge < -0.3 is 19.7 Å². The van der Waals surface area contributed by atoms with Crippen molar-refractivity contribution in [2.75, 3.05) is 39.5 Å². The molecule has 1 aromatic carbocycles. The summed E-state index contributed by atoms with van der Waals surface area (Å²) in [7, 11) is 0.